The van der Waals surface area contributed by atoms with Crippen LogP contribution < -0.4 is 5.32 Å². The number of rotatable bonds is 4. The van der Waals surface area contributed by atoms with Gasteiger partial charge in [0, 0.05) is 17.8 Å². The van der Waals surface area contributed by atoms with Crippen molar-refractivity contribution < 1.29 is 4.79 Å². The van der Waals surface area contributed by atoms with Crippen molar-refractivity contribution in [3.8, 4) is 6.07 Å². The van der Waals surface area contributed by atoms with Gasteiger partial charge in [0.25, 0.3) is 5.91 Å². The van der Waals surface area contributed by atoms with Gasteiger partial charge in [-0.3, -0.25) is 9.48 Å². The number of aromatic nitrogens is 2. The summed E-state index contributed by atoms with van der Waals surface area (Å²) >= 11 is 6.02. The molecule has 1 aromatic heterocycles. The second-order valence-electron chi connectivity index (χ2n) is 5.00. The summed E-state index contributed by atoms with van der Waals surface area (Å²) in [4.78, 5) is 12.3. The summed E-state index contributed by atoms with van der Waals surface area (Å²) in [7, 11) is 0. The number of nitrogens with one attached hydrogen (secondary N) is 1. The van der Waals surface area contributed by atoms with E-state index in [1.165, 1.54) is 0 Å². The maximum absolute atomic E-state index is 12.3. The summed E-state index contributed by atoms with van der Waals surface area (Å²) in [5.74, 6) is -0.497. The molecule has 0 bridgehead atoms. The molecule has 1 N–H and O–H groups in total. The van der Waals surface area contributed by atoms with Gasteiger partial charge < -0.3 is 5.32 Å². The Kier molecular flexibility index (Phi) is 5.20. The van der Waals surface area contributed by atoms with Crippen LogP contribution in [0.15, 0.2) is 29.8 Å². The van der Waals surface area contributed by atoms with Crippen molar-refractivity contribution in [2.24, 2.45) is 0 Å². The lowest BCUT2D eigenvalue weighted by molar-refractivity contribution is -0.112. The van der Waals surface area contributed by atoms with E-state index in [1.54, 1.807) is 30.3 Å². The molecule has 1 heterocycles. The number of amides is 1. The first-order chi connectivity index (χ1) is 11.0. The predicted octanol–water partition coefficient (Wildman–Crippen LogP) is 3.72. The molecule has 2 rings (SSSR count). The van der Waals surface area contributed by atoms with E-state index in [9.17, 15) is 10.1 Å². The van der Waals surface area contributed by atoms with E-state index < -0.39 is 5.91 Å². The number of carbonyl (C=O) groups excluding carboxylic acids is 1. The van der Waals surface area contributed by atoms with Gasteiger partial charge >= 0.3 is 0 Å². The van der Waals surface area contributed by atoms with Crippen LogP contribution in [0.3, 0.4) is 0 Å². The topological polar surface area (TPSA) is 70.7 Å². The second-order valence-corrected chi connectivity index (χ2v) is 5.41. The van der Waals surface area contributed by atoms with Gasteiger partial charge in [0.2, 0.25) is 0 Å². The van der Waals surface area contributed by atoms with Crippen LogP contribution in [-0.2, 0) is 11.3 Å². The molecule has 0 aliphatic carbocycles. The highest BCUT2D eigenvalue weighted by molar-refractivity contribution is 6.34. The average molecular weight is 329 g/mol. The Balaban J connectivity index is 2.33. The van der Waals surface area contributed by atoms with E-state index in [0.29, 0.717) is 10.7 Å². The van der Waals surface area contributed by atoms with Crippen molar-refractivity contribution in [2.75, 3.05) is 5.32 Å². The first-order valence-corrected chi connectivity index (χ1v) is 7.57. The first-order valence-electron chi connectivity index (χ1n) is 7.19. The van der Waals surface area contributed by atoms with Crippen LogP contribution in [0.2, 0.25) is 5.02 Å². The molecule has 6 heteroatoms. The number of aryl methyl sites for hydroxylation is 2. The third-order valence-corrected chi connectivity index (χ3v) is 3.84. The molecule has 23 heavy (non-hydrogen) atoms. The number of nitriles is 1. The molecule has 1 aromatic carbocycles. The maximum Gasteiger partial charge on any atom is 0.266 e. The fourth-order valence-corrected chi connectivity index (χ4v) is 2.46. The quantitative estimate of drug-likeness (QED) is 0.687. The number of nitrogens with zero attached hydrogens (tertiary/aromatic N) is 3. The summed E-state index contributed by atoms with van der Waals surface area (Å²) in [5, 5.41) is 16.8. The van der Waals surface area contributed by atoms with Crippen LogP contribution in [0.4, 0.5) is 5.69 Å². The Bertz CT molecular complexity index is 814. The van der Waals surface area contributed by atoms with Gasteiger partial charge in [-0.2, -0.15) is 10.4 Å². The summed E-state index contributed by atoms with van der Waals surface area (Å²) in [6, 6.07) is 8.82. The Labute approximate surface area is 140 Å². The van der Waals surface area contributed by atoms with Crippen molar-refractivity contribution in [1.29, 1.82) is 5.26 Å². The molecule has 0 fully saturated rings. The number of benzene rings is 1. The molecule has 118 valence electrons. The van der Waals surface area contributed by atoms with Crippen LogP contribution in [0.25, 0.3) is 6.08 Å². The number of para-hydroxylation sites is 1. The Hall–Kier alpha value is -2.58. The minimum absolute atomic E-state index is 0.00627. The van der Waals surface area contributed by atoms with Crippen LogP contribution in [0.1, 0.15) is 23.9 Å². The van der Waals surface area contributed by atoms with Gasteiger partial charge in [-0.05, 0) is 39.0 Å². The zero-order valence-electron chi connectivity index (χ0n) is 13.2. The molecule has 0 saturated carbocycles. The van der Waals surface area contributed by atoms with Crippen LogP contribution in [0, 0.1) is 25.2 Å². The standard InChI is InChI=1S/C17H17ClN4O/c1-4-22-12(3)14(11(2)21-22)9-13(10-19)17(23)20-16-8-6-5-7-15(16)18/h5-9H,4H2,1-3H3,(H,20,23). The van der Waals surface area contributed by atoms with Gasteiger partial charge in [0.15, 0.2) is 0 Å². The summed E-state index contributed by atoms with van der Waals surface area (Å²) in [5.41, 5.74) is 2.97. The zero-order chi connectivity index (χ0) is 17.0. The van der Waals surface area contributed by atoms with Crippen LogP contribution >= 0.6 is 11.6 Å². The monoisotopic (exact) mass is 328 g/mol. The first kappa shape index (κ1) is 16.8. The lowest BCUT2D eigenvalue weighted by atomic mass is 10.1. The number of hydrogen-bond acceptors (Lipinski definition) is 3. The highest BCUT2D eigenvalue weighted by Crippen LogP contribution is 2.22. The smallest absolute Gasteiger partial charge is 0.266 e. The number of anilines is 1. The molecular formula is C17H17ClN4O. The van der Waals surface area contributed by atoms with E-state index in [4.69, 9.17) is 11.6 Å². The van der Waals surface area contributed by atoms with Crippen molar-refractivity contribution >= 4 is 29.3 Å². The largest absolute Gasteiger partial charge is 0.320 e. The molecule has 5 nitrogen and oxygen atoms in total. The van der Waals surface area contributed by atoms with E-state index >= 15 is 0 Å². The van der Waals surface area contributed by atoms with Crippen molar-refractivity contribution in [3.05, 3.63) is 51.8 Å². The normalized spacial score (nSPS) is 11.2. The Morgan fingerprint density at radius 3 is 2.70 bits per heavy atom. The Morgan fingerprint density at radius 1 is 1.43 bits per heavy atom. The molecule has 0 aliphatic heterocycles. The summed E-state index contributed by atoms with van der Waals surface area (Å²) in [6.45, 7) is 6.48. The van der Waals surface area contributed by atoms with Crippen molar-refractivity contribution in [1.82, 2.24) is 9.78 Å². The number of hydrogen-bond donors (Lipinski definition) is 1. The molecular weight excluding hydrogens is 312 g/mol. The van der Waals surface area contributed by atoms with Gasteiger partial charge in [-0.1, -0.05) is 23.7 Å². The van der Waals surface area contributed by atoms with Gasteiger partial charge in [-0.15, -0.1) is 0 Å². The second kappa shape index (κ2) is 7.12. The Morgan fingerprint density at radius 2 is 2.13 bits per heavy atom. The summed E-state index contributed by atoms with van der Waals surface area (Å²) in [6.07, 6.45) is 1.57. The van der Waals surface area contributed by atoms with Gasteiger partial charge in [-0.25, -0.2) is 0 Å². The molecule has 0 saturated heterocycles. The highest BCUT2D eigenvalue weighted by Gasteiger charge is 2.15. The average Bonchev–Trinajstić information content (AvgIpc) is 2.81. The van der Waals surface area contributed by atoms with Gasteiger partial charge in [0.05, 0.1) is 16.4 Å². The van der Waals surface area contributed by atoms with E-state index in [1.807, 2.05) is 31.5 Å². The van der Waals surface area contributed by atoms with E-state index in [2.05, 4.69) is 10.4 Å². The third-order valence-electron chi connectivity index (χ3n) is 3.51. The highest BCUT2D eigenvalue weighted by atomic mass is 35.5. The lowest BCUT2D eigenvalue weighted by Crippen LogP contribution is -2.13. The number of carbonyl (C=O) groups is 1. The zero-order valence-corrected chi connectivity index (χ0v) is 14.0. The minimum Gasteiger partial charge on any atom is -0.320 e. The molecule has 0 unspecified atom stereocenters. The molecule has 0 radical (unpaired) electrons. The number of halogens is 1. The van der Waals surface area contributed by atoms with E-state index in [0.717, 1.165) is 23.5 Å². The lowest BCUT2D eigenvalue weighted by Gasteiger charge is -2.06. The fourth-order valence-electron chi connectivity index (χ4n) is 2.27. The predicted molar refractivity (Wildman–Crippen MR) is 91.0 cm³/mol. The maximum atomic E-state index is 12.3. The fraction of sp³-hybridized carbons (Fsp3) is 0.235. The summed E-state index contributed by atoms with van der Waals surface area (Å²) < 4.78 is 1.84. The van der Waals surface area contributed by atoms with Gasteiger partial charge in [0.1, 0.15) is 11.6 Å². The molecule has 1 amide bonds. The van der Waals surface area contributed by atoms with Crippen molar-refractivity contribution in [2.45, 2.75) is 27.3 Å². The third kappa shape index (κ3) is 3.61. The molecule has 0 atom stereocenters. The van der Waals surface area contributed by atoms with Crippen molar-refractivity contribution in [3.63, 3.8) is 0 Å². The molecule has 0 spiro atoms. The minimum atomic E-state index is -0.497. The molecule has 2 aromatic rings. The van der Waals surface area contributed by atoms with Crippen LogP contribution in [0.5, 0.6) is 0 Å². The van der Waals surface area contributed by atoms with E-state index in [-0.39, 0.29) is 5.57 Å². The molecule has 0 aliphatic rings. The van der Waals surface area contributed by atoms with Crippen LogP contribution in [-0.4, -0.2) is 15.7 Å². The SMILES string of the molecule is CCn1nc(C)c(C=C(C#N)C(=O)Nc2ccccc2Cl)c1C.